The molecule has 2 fully saturated rings. The number of pyridine rings is 1. The third-order valence-corrected chi connectivity index (χ3v) is 15.4. The summed E-state index contributed by atoms with van der Waals surface area (Å²) in [5.74, 6) is -1.49. The Bertz CT molecular complexity index is 2260. The van der Waals surface area contributed by atoms with Crippen LogP contribution < -0.4 is 16.1 Å². The second-order valence-electron chi connectivity index (χ2n) is 23.2. The molecule has 0 aliphatic carbocycles. The van der Waals surface area contributed by atoms with Crippen LogP contribution in [-0.4, -0.2) is 217 Å². The highest BCUT2D eigenvalue weighted by molar-refractivity contribution is 5.94. The van der Waals surface area contributed by atoms with Gasteiger partial charge in [-0.3, -0.25) is 9.59 Å². The lowest BCUT2D eigenvalue weighted by Gasteiger charge is -2.38. The predicted molar refractivity (Wildman–Crippen MR) is 342 cm³/mol. The predicted octanol–water partition coefficient (Wildman–Crippen LogP) is 5.49. The summed E-state index contributed by atoms with van der Waals surface area (Å²) in [5, 5.41) is 86.6. The van der Waals surface area contributed by atoms with Crippen molar-refractivity contribution in [3.05, 3.63) is 45.2 Å². The molecule has 0 saturated carbocycles. The van der Waals surface area contributed by atoms with Gasteiger partial charge < -0.3 is 99.0 Å². The molecule has 514 valence electrons. The summed E-state index contributed by atoms with van der Waals surface area (Å²) in [5.41, 5.74) is -0.0512. The minimum absolute atomic E-state index is 0.00116. The van der Waals surface area contributed by atoms with Crippen molar-refractivity contribution in [2.75, 3.05) is 81.4 Å². The molecule has 24 heteroatoms. The summed E-state index contributed by atoms with van der Waals surface area (Å²) in [6.45, 7) is 31.9. The van der Waals surface area contributed by atoms with Crippen LogP contribution in [0.2, 0.25) is 0 Å². The lowest BCUT2D eigenvalue weighted by atomic mass is 9.76. The molecule has 0 bridgehead atoms. The number of amides is 1. The van der Waals surface area contributed by atoms with Crippen molar-refractivity contribution in [3.63, 3.8) is 0 Å². The molecular formula is C64H119N5O19. The fourth-order valence-electron chi connectivity index (χ4n) is 10.8. The van der Waals surface area contributed by atoms with Gasteiger partial charge in [-0.2, -0.15) is 0 Å². The van der Waals surface area contributed by atoms with E-state index in [0.717, 1.165) is 68.9 Å². The largest absolute Gasteiger partial charge is 0.477 e. The van der Waals surface area contributed by atoms with Crippen molar-refractivity contribution in [1.29, 1.82) is 0 Å². The van der Waals surface area contributed by atoms with Gasteiger partial charge in [-0.25, -0.2) is 4.79 Å². The maximum absolute atomic E-state index is 12.5. The van der Waals surface area contributed by atoms with Crippen LogP contribution in [0.3, 0.4) is 0 Å². The summed E-state index contributed by atoms with van der Waals surface area (Å²) in [4.78, 5) is 53.0. The van der Waals surface area contributed by atoms with Gasteiger partial charge >= 0.3 is 5.97 Å². The van der Waals surface area contributed by atoms with Crippen LogP contribution in [0.15, 0.2) is 28.3 Å². The Hall–Kier alpha value is -4.09. The number of nitrogens with zero attached hydrogens (tertiary/aromatic N) is 3. The van der Waals surface area contributed by atoms with E-state index in [4.69, 9.17) is 48.6 Å². The van der Waals surface area contributed by atoms with E-state index in [2.05, 4.69) is 41.5 Å². The zero-order chi connectivity index (χ0) is 67.9. The maximum Gasteiger partial charge on any atom is 0.341 e. The number of likely N-dealkylation sites (N-methyl/N-ethyl adjacent to an activating group) is 1. The van der Waals surface area contributed by atoms with Crippen molar-refractivity contribution in [1.82, 2.24) is 20.1 Å². The zero-order valence-electron chi connectivity index (χ0n) is 56.8. The number of hydrogen-bond donors (Lipinski definition) is 10. The van der Waals surface area contributed by atoms with Crippen molar-refractivity contribution >= 4 is 35.3 Å². The molecule has 6 unspecified atom stereocenters. The number of carboxylic acid groups (broad SMARTS) is 1. The van der Waals surface area contributed by atoms with Gasteiger partial charge in [0.1, 0.15) is 36.9 Å². The van der Waals surface area contributed by atoms with Crippen molar-refractivity contribution < 1.29 is 88.5 Å². The molecule has 5 rings (SSSR count). The molecule has 0 radical (unpaired) electrons. The Labute approximate surface area is 525 Å². The molecule has 24 nitrogen and oxygen atoms in total. The molecule has 2 saturated heterocycles. The van der Waals surface area contributed by atoms with Gasteiger partial charge in [-0.05, 0) is 130 Å². The van der Waals surface area contributed by atoms with Gasteiger partial charge in [-0.15, -0.1) is 0 Å². The van der Waals surface area contributed by atoms with Gasteiger partial charge in [0.25, 0.3) is 0 Å². The summed E-state index contributed by atoms with van der Waals surface area (Å²) >= 11 is 0. The third-order valence-electron chi connectivity index (χ3n) is 15.4. The van der Waals surface area contributed by atoms with Crippen LogP contribution in [0, 0.1) is 29.6 Å². The molecule has 88 heavy (non-hydrogen) atoms. The monoisotopic (exact) mass is 1260 g/mol. The first kappa shape index (κ1) is 86.0. The smallest absolute Gasteiger partial charge is 0.341 e. The highest BCUT2D eigenvalue weighted by Gasteiger charge is 2.43. The lowest BCUT2D eigenvalue weighted by Crippen LogP contribution is -2.54. The van der Waals surface area contributed by atoms with E-state index < -0.39 is 59.4 Å². The van der Waals surface area contributed by atoms with Gasteiger partial charge in [-0.1, -0.05) is 73.5 Å². The standard InChI is InChI=1S/C27H54N2O6.C18H20N2O6.C8H16O3.C6H12O3.C2H7N.C2H6.CH4O/c1-11-29(12-2)13-14-35-28-24(22(6)25(31)27(9,33)23(7)34-10)21(5)17-26(8,32)16-19(3)15-20(4)18-30;21-10-19-3-5-25-4-1-2-12-6-13-9-26-11-20-8-15(18(23)24)17(22)14(7-12)16(13)20;1-5-4-7(9)11-6(2)8(5)10-3;1-4-2-3-5(7)6(8)9-4;1-3-2;2*1-2/h18-23,25,31-33H,11-17H2,1-10H3;6-8,10H,1-5,9,11H2,(H,19,21)(H,23,24);5-9H,4H2,1-3H3;4-8H,2-3H2,1H3;3H,1-2H3;1-2H3;2H,1H3/b28-24+;;;;;;/t19-,20?,21+,22?,23+,25?,26-,27+;;5?,6?,7-,8-;4-,5?,6-;;;/m0.11.../s1. The number of carboxylic acids is 1. The number of ether oxygens (including phenoxy) is 6. The summed E-state index contributed by atoms with van der Waals surface area (Å²) < 4.78 is 33.2. The first-order valence-electron chi connectivity index (χ1n) is 31.2. The summed E-state index contributed by atoms with van der Waals surface area (Å²) in [6.07, 6.45) is 4.39. The fraction of sp³-hybridized carbons (Fsp3) is 0.797. The molecule has 3 aliphatic rings. The number of hydrogen-bond acceptors (Lipinski definition) is 21. The molecule has 1 aromatic heterocycles. The molecule has 1 aromatic carbocycles. The first-order chi connectivity index (χ1) is 41.5. The fourth-order valence-corrected chi connectivity index (χ4v) is 10.8. The molecule has 4 heterocycles. The highest BCUT2D eigenvalue weighted by atomic mass is 16.6. The molecule has 15 atom stereocenters. The lowest BCUT2D eigenvalue weighted by molar-refractivity contribution is -0.215. The molecule has 3 aliphatic heterocycles. The van der Waals surface area contributed by atoms with Crippen molar-refractivity contribution in [2.24, 2.45) is 34.7 Å². The number of methoxy groups -OCH3 is 2. The Balaban J connectivity index is 0. The van der Waals surface area contributed by atoms with E-state index in [1.165, 1.54) is 13.3 Å². The Morgan fingerprint density at radius 3 is 2.09 bits per heavy atom. The van der Waals surface area contributed by atoms with Crippen LogP contribution >= 0.6 is 0 Å². The van der Waals surface area contributed by atoms with Gasteiger partial charge in [0.15, 0.2) is 12.6 Å². The molecule has 1 amide bonds. The number of carbonyl (C=O) groups is 3. The average molecular weight is 1260 g/mol. The second kappa shape index (κ2) is 46.9. The van der Waals surface area contributed by atoms with E-state index in [0.29, 0.717) is 88.5 Å². The van der Waals surface area contributed by atoms with Gasteiger partial charge in [0.05, 0.1) is 60.6 Å². The highest BCUT2D eigenvalue weighted by Crippen LogP contribution is 2.33. The van der Waals surface area contributed by atoms with E-state index in [9.17, 15) is 44.7 Å². The van der Waals surface area contributed by atoms with Crippen LogP contribution in [-0.2, 0) is 62.6 Å². The first-order valence-corrected chi connectivity index (χ1v) is 31.2. The number of carbonyl (C=O) groups excluding carboxylic acids is 2. The van der Waals surface area contributed by atoms with Crippen LogP contribution in [0.5, 0.6) is 0 Å². The quantitative estimate of drug-likeness (QED) is 0.0208. The summed E-state index contributed by atoms with van der Waals surface area (Å²) in [6, 6.07) is 3.76. The Morgan fingerprint density at radius 1 is 0.943 bits per heavy atom. The van der Waals surface area contributed by atoms with E-state index in [1.54, 1.807) is 38.5 Å². The molecule has 0 spiro atoms. The summed E-state index contributed by atoms with van der Waals surface area (Å²) in [7, 11) is 7.92. The van der Waals surface area contributed by atoms with E-state index in [-0.39, 0.29) is 48.4 Å². The molecule has 10 N–H and O–H groups in total. The Kier molecular flexibility index (Phi) is 45.8. The van der Waals surface area contributed by atoms with Crippen molar-refractivity contribution in [2.45, 2.75) is 222 Å². The minimum Gasteiger partial charge on any atom is -0.477 e. The maximum atomic E-state index is 12.5. The van der Waals surface area contributed by atoms with Crippen LogP contribution in [0.4, 0.5) is 0 Å². The zero-order valence-corrected chi connectivity index (χ0v) is 56.8. The normalized spacial score (nSPS) is 23.0. The number of aromatic nitrogens is 1. The SMILES string of the molecule is CC.CCN(CC)CCO/N=C(/C(C)C(O)[C@](C)(O)[C@@H](C)OC)[C@H](C)C[C@@](C)(O)C[C@@H](C)CC(C)C=O.CNC.CO.CO[C@@H]1C(C)C[C@H](O)OC1C.C[C@@H]1CCC(O)[C@H](O)O1.O=CNCCOCCCc1cc2c3c(c1)c(=O)c(C(=O)O)cn3COC2. The minimum atomic E-state index is -1.50. The number of aldehydes is 1. The van der Waals surface area contributed by atoms with E-state index >= 15 is 0 Å². The number of aliphatic hydroxyl groups is 7. The van der Waals surface area contributed by atoms with Crippen LogP contribution in [0.25, 0.3) is 10.9 Å². The number of aliphatic hydroxyl groups excluding tert-OH is 5. The van der Waals surface area contributed by atoms with Gasteiger partial charge in [0.2, 0.25) is 11.8 Å². The topological polar surface area (TPSA) is 339 Å². The van der Waals surface area contributed by atoms with Crippen molar-refractivity contribution in [3.8, 4) is 0 Å². The average Bonchev–Trinajstić information content (AvgIpc) is 1.15. The number of aryl methyl sites for hydroxylation is 1. The number of oxime groups is 1. The molecular weight excluding hydrogens is 1140 g/mol. The molecule has 2 aromatic rings. The Morgan fingerprint density at radius 2 is 1.57 bits per heavy atom. The third kappa shape index (κ3) is 31.3. The number of aromatic carboxylic acids is 1. The van der Waals surface area contributed by atoms with Crippen LogP contribution in [0.1, 0.15) is 163 Å². The second-order valence-corrected chi connectivity index (χ2v) is 23.2. The van der Waals surface area contributed by atoms with Gasteiger partial charge in [0, 0.05) is 82.3 Å². The van der Waals surface area contributed by atoms with E-state index in [1.807, 2.05) is 75.6 Å². The number of rotatable bonds is 29. The number of nitrogens with one attached hydrogen (secondary N) is 2. The number of benzene rings is 1.